The van der Waals surface area contributed by atoms with Crippen molar-refractivity contribution in [3.05, 3.63) is 47.3 Å². The lowest BCUT2D eigenvalue weighted by Gasteiger charge is -2.32. The number of H-pyrrole nitrogens is 1. The topological polar surface area (TPSA) is 61.5 Å². The largest absolute Gasteiger partial charge is 0.497 e. The van der Waals surface area contributed by atoms with E-state index in [0.717, 1.165) is 75.4 Å². The number of likely N-dealkylation sites (tertiary alicyclic amines) is 2. The quantitative estimate of drug-likeness (QED) is 0.835. The van der Waals surface area contributed by atoms with Gasteiger partial charge in [0.25, 0.3) is 5.91 Å². The van der Waals surface area contributed by atoms with Crippen LogP contribution in [0, 0.1) is 0 Å². The minimum absolute atomic E-state index is 0.162. The number of nitrogens with zero attached hydrogens (tertiary/aromatic N) is 3. The maximum Gasteiger partial charge on any atom is 0.257 e. The molecule has 1 aromatic heterocycles. The molecule has 0 bridgehead atoms. The number of amides is 1. The smallest absolute Gasteiger partial charge is 0.257 e. The zero-order chi connectivity index (χ0) is 20.1. The minimum Gasteiger partial charge on any atom is -0.497 e. The number of methoxy groups -OCH3 is 1. The molecule has 29 heavy (non-hydrogen) atoms. The molecule has 3 heterocycles. The van der Waals surface area contributed by atoms with Gasteiger partial charge in [-0.15, -0.1) is 0 Å². The molecule has 0 spiro atoms. The summed E-state index contributed by atoms with van der Waals surface area (Å²) in [5, 5.41) is 7.40. The van der Waals surface area contributed by atoms with Gasteiger partial charge in [0.05, 0.1) is 24.6 Å². The highest BCUT2D eigenvalue weighted by atomic mass is 16.5. The third kappa shape index (κ3) is 4.81. The molecule has 156 valence electrons. The SMILES string of the molecule is COc1cccc(CN2CCC(c3[nH]ncc3C(=O)N3CCCCCC3)CC2)c1. The number of aromatic amines is 1. The Morgan fingerprint density at radius 3 is 2.62 bits per heavy atom. The zero-order valence-electron chi connectivity index (χ0n) is 17.4. The van der Waals surface area contributed by atoms with Crippen molar-refractivity contribution in [3.8, 4) is 5.75 Å². The Balaban J connectivity index is 1.36. The second kappa shape index (κ2) is 9.44. The predicted octanol–water partition coefficient (Wildman–Crippen LogP) is 3.81. The van der Waals surface area contributed by atoms with Crippen molar-refractivity contribution in [1.29, 1.82) is 0 Å². The first-order valence-corrected chi connectivity index (χ1v) is 10.9. The average Bonchev–Trinajstić information content (AvgIpc) is 3.08. The molecule has 1 aromatic carbocycles. The minimum atomic E-state index is 0.162. The molecule has 6 heteroatoms. The van der Waals surface area contributed by atoms with E-state index >= 15 is 0 Å². The van der Waals surface area contributed by atoms with Gasteiger partial charge in [-0.1, -0.05) is 25.0 Å². The fraction of sp³-hybridized carbons (Fsp3) is 0.565. The van der Waals surface area contributed by atoms with Crippen LogP contribution in [0.3, 0.4) is 0 Å². The van der Waals surface area contributed by atoms with Gasteiger partial charge >= 0.3 is 0 Å². The summed E-state index contributed by atoms with van der Waals surface area (Å²) in [6.07, 6.45) is 8.52. The first-order valence-electron chi connectivity index (χ1n) is 10.9. The van der Waals surface area contributed by atoms with Crippen LogP contribution in [0.1, 0.15) is 66.1 Å². The van der Waals surface area contributed by atoms with Crippen molar-refractivity contribution in [2.75, 3.05) is 33.3 Å². The van der Waals surface area contributed by atoms with Gasteiger partial charge in [0.1, 0.15) is 5.75 Å². The van der Waals surface area contributed by atoms with Crippen LogP contribution >= 0.6 is 0 Å². The van der Waals surface area contributed by atoms with Crippen LogP contribution in [0.4, 0.5) is 0 Å². The number of hydrogen-bond acceptors (Lipinski definition) is 4. The summed E-state index contributed by atoms with van der Waals surface area (Å²) in [6.45, 7) is 4.74. The van der Waals surface area contributed by atoms with E-state index in [1.807, 2.05) is 17.0 Å². The highest BCUT2D eigenvalue weighted by molar-refractivity contribution is 5.95. The number of hydrogen-bond donors (Lipinski definition) is 1. The molecule has 0 aliphatic carbocycles. The summed E-state index contributed by atoms with van der Waals surface area (Å²) in [5.74, 6) is 1.45. The van der Waals surface area contributed by atoms with Gasteiger partial charge in [0.2, 0.25) is 0 Å². The zero-order valence-corrected chi connectivity index (χ0v) is 17.4. The Labute approximate surface area is 173 Å². The van der Waals surface area contributed by atoms with Crippen LogP contribution < -0.4 is 4.74 Å². The number of ether oxygens (including phenoxy) is 1. The Hall–Kier alpha value is -2.34. The van der Waals surface area contributed by atoms with E-state index in [9.17, 15) is 4.79 Å². The molecule has 1 amide bonds. The van der Waals surface area contributed by atoms with Gasteiger partial charge in [0.15, 0.2) is 0 Å². The van der Waals surface area contributed by atoms with E-state index in [-0.39, 0.29) is 5.91 Å². The maximum atomic E-state index is 13.1. The number of carbonyl (C=O) groups is 1. The van der Waals surface area contributed by atoms with E-state index in [1.165, 1.54) is 18.4 Å². The van der Waals surface area contributed by atoms with Crippen molar-refractivity contribution < 1.29 is 9.53 Å². The number of aromatic nitrogens is 2. The third-order valence-electron chi connectivity index (χ3n) is 6.33. The van der Waals surface area contributed by atoms with Crippen LogP contribution in [-0.2, 0) is 6.54 Å². The Kier molecular flexibility index (Phi) is 6.49. The Bertz CT molecular complexity index is 803. The standard InChI is InChI=1S/C23H32N4O2/c1-29-20-8-6-7-18(15-20)17-26-13-9-19(10-14-26)22-21(16-24-25-22)23(28)27-11-4-2-3-5-12-27/h6-8,15-16,19H,2-5,9-14,17H2,1H3,(H,24,25). The molecule has 0 atom stereocenters. The van der Waals surface area contributed by atoms with Crippen molar-refractivity contribution in [2.24, 2.45) is 0 Å². The van der Waals surface area contributed by atoms with Crippen LogP contribution in [0.25, 0.3) is 0 Å². The summed E-state index contributed by atoms with van der Waals surface area (Å²) < 4.78 is 5.34. The predicted molar refractivity (Wildman–Crippen MR) is 113 cm³/mol. The van der Waals surface area contributed by atoms with Gasteiger partial charge in [-0.05, 0) is 56.5 Å². The summed E-state index contributed by atoms with van der Waals surface area (Å²) in [7, 11) is 1.71. The molecule has 4 rings (SSSR count). The molecule has 0 unspecified atom stereocenters. The highest BCUT2D eigenvalue weighted by Crippen LogP contribution is 2.30. The first-order chi connectivity index (χ1) is 14.2. The van der Waals surface area contributed by atoms with Gasteiger partial charge in [-0.3, -0.25) is 14.8 Å². The fourth-order valence-corrected chi connectivity index (χ4v) is 4.63. The summed E-state index contributed by atoms with van der Waals surface area (Å²) in [5.41, 5.74) is 3.11. The number of benzene rings is 1. The molecule has 0 saturated carbocycles. The van der Waals surface area contributed by atoms with Gasteiger partial charge in [0, 0.05) is 25.6 Å². The molecular weight excluding hydrogens is 364 g/mol. The number of carbonyl (C=O) groups excluding carboxylic acids is 1. The molecule has 6 nitrogen and oxygen atoms in total. The lowest BCUT2D eigenvalue weighted by molar-refractivity contribution is 0.0759. The van der Waals surface area contributed by atoms with Crippen LogP contribution in [0.15, 0.2) is 30.5 Å². The van der Waals surface area contributed by atoms with E-state index in [4.69, 9.17) is 4.74 Å². The Morgan fingerprint density at radius 2 is 1.90 bits per heavy atom. The van der Waals surface area contributed by atoms with E-state index in [1.54, 1.807) is 13.3 Å². The number of nitrogens with one attached hydrogen (secondary N) is 1. The molecule has 1 N–H and O–H groups in total. The lowest BCUT2D eigenvalue weighted by atomic mass is 9.91. The van der Waals surface area contributed by atoms with E-state index in [0.29, 0.717) is 5.92 Å². The molecule has 2 saturated heterocycles. The molecule has 2 fully saturated rings. The van der Waals surface area contributed by atoms with E-state index < -0.39 is 0 Å². The second-order valence-electron chi connectivity index (χ2n) is 8.31. The van der Waals surface area contributed by atoms with Gasteiger partial charge in [-0.25, -0.2) is 0 Å². The van der Waals surface area contributed by atoms with E-state index in [2.05, 4.69) is 27.2 Å². The second-order valence-corrected chi connectivity index (χ2v) is 8.31. The summed E-state index contributed by atoms with van der Waals surface area (Å²) >= 11 is 0. The van der Waals surface area contributed by atoms with Crippen LogP contribution in [0.2, 0.25) is 0 Å². The van der Waals surface area contributed by atoms with Crippen molar-refractivity contribution in [2.45, 2.75) is 51.0 Å². The summed E-state index contributed by atoms with van der Waals surface area (Å²) in [4.78, 5) is 17.6. The normalized spacial score (nSPS) is 19.1. The van der Waals surface area contributed by atoms with Gasteiger partial charge in [-0.2, -0.15) is 5.10 Å². The molecule has 2 aliphatic heterocycles. The average molecular weight is 397 g/mol. The van der Waals surface area contributed by atoms with Crippen molar-refractivity contribution in [3.63, 3.8) is 0 Å². The monoisotopic (exact) mass is 396 g/mol. The molecule has 2 aromatic rings. The van der Waals surface area contributed by atoms with Crippen molar-refractivity contribution >= 4 is 5.91 Å². The van der Waals surface area contributed by atoms with Crippen LogP contribution in [-0.4, -0.2) is 59.2 Å². The number of rotatable bonds is 5. The molecule has 2 aliphatic rings. The van der Waals surface area contributed by atoms with Crippen molar-refractivity contribution in [1.82, 2.24) is 20.0 Å². The lowest BCUT2D eigenvalue weighted by Crippen LogP contribution is -2.35. The number of piperidine rings is 1. The molecular formula is C23H32N4O2. The van der Waals surface area contributed by atoms with Crippen LogP contribution in [0.5, 0.6) is 5.75 Å². The third-order valence-corrected chi connectivity index (χ3v) is 6.33. The first kappa shape index (κ1) is 20.0. The highest BCUT2D eigenvalue weighted by Gasteiger charge is 2.28. The fourth-order valence-electron chi connectivity index (χ4n) is 4.63. The van der Waals surface area contributed by atoms with Gasteiger partial charge < -0.3 is 9.64 Å². The summed E-state index contributed by atoms with van der Waals surface area (Å²) in [6, 6.07) is 8.30. The Morgan fingerprint density at radius 1 is 1.14 bits per heavy atom. The maximum absolute atomic E-state index is 13.1. The molecule has 0 radical (unpaired) electrons.